The first-order chi connectivity index (χ1) is 5.02. The molecule has 0 amide bonds. The predicted molar refractivity (Wildman–Crippen MR) is 46.3 cm³/mol. The van der Waals surface area contributed by atoms with Gasteiger partial charge in [0.15, 0.2) is 0 Å². The molecule has 0 spiro atoms. The summed E-state index contributed by atoms with van der Waals surface area (Å²) in [6.45, 7) is 4.42. The highest BCUT2D eigenvalue weighted by molar-refractivity contribution is 5.01. The Labute approximate surface area is 68.8 Å². The van der Waals surface area contributed by atoms with Gasteiger partial charge in [-0.3, -0.25) is 0 Å². The summed E-state index contributed by atoms with van der Waals surface area (Å²) >= 11 is 0. The van der Waals surface area contributed by atoms with Crippen LogP contribution in [0.4, 0.5) is 0 Å². The SMILES string of the molecule is CC(C)(N)C1(CCO)CCC1. The van der Waals surface area contributed by atoms with E-state index in [1.54, 1.807) is 0 Å². The van der Waals surface area contributed by atoms with Gasteiger partial charge in [0.05, 0.1) is 0 Å². The highest BCUT2D eigenvalue weighted by Crippen LogP contribution is 2.50. The molecule has 3 N–H and O–H groups in total. The van der Waals surface area contributed by atoms with Gasteiger partial charge in [0.25, 0.3) is 0 Å². The monoisotopic (exact) mass is 157 g/mol. The van der Waals surface area contributed by atoms with E-state index in [9.17, 15) is 0 Å². The van der Waals surface area contributed by atoms with Crippen molar-refractivity contribution in [3.63, 3.8) is 0 Å². The van der Waals surface area contributed by atoms with Gasteiger partial charge in [-0.15, -0.1) is 0 Å². The van der Waals surface area contributed by atoms with Crippen LogP contribution in [0.15, 0.2) is 0 Å². The minimum Gasteiger partial charge on any atom is -0.396 e. The van der Waals surface area contributed by atoms with Crippen LogP contribution in [0.5, 0.6) is 0 Å². The van der Waals surface area contributed by atoms with Crippen molar-refractivity contribution in [3.05, 3.63) is 0 Å². The van der Waals surface area contributed by atoms with Crippen molar-refractivity contribution in [2.24, 2.45) is 11.1 Å². The standard InChI is InChI=1S/C9H19NO/c1-8(2,10)9(6-7-11)4-3-5-9/h11H,3-7,10H2,1-2H3. The molecule has 0 radical (unpaired) electrons. The fourth-order valence-corrected chi connectivity index (χ4v) is 2.03. The lowest BCUT2D eigenvalue weighted by molar-refractivity contribution is 0.0164. The van der Waals surface area contributed by atoms with Gasteiger partial charge in [-0.2, -0.15) is 0 Å². The van der Waals surface area contributed by atoms with E-state index in [1.807, 2.05) is 0 Å². The third-order valence-corrected chi connectivity index (χ3v) is 3.27. The van der Waals surface area contributed by atoms with Gasteiger partial charge in [0.1, 0.15) is 0 Å². The number of aliphatic hydroxyl groups is 1. The van der Waals surface area contributed by atoms with Crippen molar-refractivity contribution >= 4 is 0 Å². The summed E-state index contributed by atoms with van der Waals surface area (Å²) < 4.78 is 0. The molecule has 2 nitrogen and oxygen atoms in total. The normalized spacial score (nSPS) is 22.9. The van der Waals surface area contributed by atoms with Crippen molar-refractivity contribution in [1.29, 1.82) is 0 Å². The molecular weight excluding hydrogens is 138 g/mol. The van der Waals surface area contributed by atoms with E-state index >= 15 is 0 Å². The summed E-state index contributed by atoms with van der Waals surface area (Å²) in [5.41, 5.74) is 6.17. The fourth-order valence-electron chi connectivity index (χ4n) is 2.03. The Hall–Kier alpha value is -0.0800. The van der Waals surface area contributed by atoms with Crippen LogP contribution in [0, 0.1) is 5.41 Å². The lowest BCUT2D eigenvalue weighted by Crippen LogP contribution is -2.55. The second-order valence-corrected chi connectivity index (χ2v) is 4.33. The second-order valence-electron chi connectivity index (χ2n) is 4.33. The Kier molecular flexibility index (Phi) is 2.26. The first kappa shape index (κ1) is 9.01. The molecule has 0 saturated heterocycles. The van der Waals surface area contributed by atoms with Crippen LogP contribution in [0.2, 0.25) is 0 Å². The van der Waals surface area contributed by atoms with E-state index in [0.717, 1.165) is 6.42 Å². The number of aliphatic hydroxyl groups excluding tert-OH is 1. The van der Waals surface area contributed by atoms with Crippen molar-refractivity contribution in [1.82, 2.24) is 0 Å². The summed E-state index contributed by atoms with van der Waals surface area (Å²) in [5, 5.41) is 8.87. The molecule has 0 heterocycles. The molecule has 2 heteroatoms. The van der Waals surface area contributed by atoms with Crippen LogP contribution >= 0.6 is 0 Å². The highest BCUT2D eigenvalue weighted by Gasteiger charge is 2.46. The van der Waals surface area contributed by atoms with Crippen LogP contribution in [0.1, 0.15) is 39.5 Å². The van der Waals surface area contributed by atoms with Gasteiger partial charge in [0.2, 0.25) is 0 Å². The van der Waals surface area contributed by atoms with Gasteiger partial charge in [-0.25, -0.2) is 0 Å². The molecule has 0 aliphatic heterocycles. The number of hydrogen-bond donors (Lipinski definition) is 2. The molecule has 0 atom stereocenters. The minimum absolute atomic E-state index is 0.117. The second kappa shape index (κ2) is 2.76. The molecule has 1 saturated carbocycles. The molecule has 1 fully saturated rings. The molecule has 0 aromatic carbocycles. The molecule has 0 aromatic rings. The molecule has 1 aliphatic carbocycles. The maximum atomic E-state index is 8.87. The number of hydrogen-bond acceptors (Lipinski definition) is 2. The van der Waals surface area contributed by atoms with Crippen LogP contribution in [-0.2, 0) is 0 Å². The van der Waals surface area contributed by atoms with Crippen LogP contribution in [0.25, 0.3) is 0 Å². The Balaban J connectivity index is 2.60. The summed E-state index contributed by atoms with van der Waals surface area (Å²) in [5.74, 6) is 0. The van der Waals surface area contributed by atoms with Crippen molar-refractivity contribution in [3.8, 4) is 0 Å². The number of nitrogens with two attached hydrogens (primary N) is 1. The largest absolute Gasteiger partial charge is 0.396 e. The van der Waals surface area contributed by atoms with E-state index < -0.39 is 0 Å². The third kappa shape index (κ3) is 1.42. The van der Waals surface area contributed by atoms with Gasteiger partial charge in [-0.1, -0.05) is 6.42 Å². The molecule has 1 aliphatic rings. The van der Waals surface area contributed by atoms with Crippen LogP contribution in [0.3, 0.4) is 0 Å². The van der Waals surface area contributed by atoms with Gasteiger partial charge < -0.3 is 10.8 Å². The first-order valence-corrected chi connectivity index (χ1v) is 4.42. The Morgan fingerprint density at radius 3 is 2.09 bits per heavy atom. The van der Waals surface area contributed by atoms with Crippen molar-refractivity contribution < 1.29 is 5.11 Å². The molecule has 66 valence electrons. The van der Waals surface area contributed by atoms with Gasteiger partial charge in [-0.05, 0) is 38.5 Å². The zero-order valence-electron chi connectivity index (χ0n) is 7.56. The molecule has 0 unspecified atom stereocenters. The average molecular weight is 157 g/mol. The van der Waals surface area contributed by atoms with Gasteiger partial charge >= 0.3 is 0 Å². The maximum Gasteiger partial charge on any atom is 0.0437 e. The summed E-state index contributed by atoms with van der Waals surface area (Å²) in [7, 11) is 0. The Morgan fingerprint density at radius 1 is 1.45 bits per heavy atom. The Bertz CT molecular complexity index is 133. The first-order valence-electron chi connectivity index (χ1n) is 4.42. The molecular formula is C9H19NO. The molecule has 11 heavy (non-hydrogen) atoms. The fraction of sp³-hybridized carbons (Fsp3) is 1.00. The maximum absolute atomic E-state index is 8.87. The summed E-state index contributed by atoms with van der Waals surface area (Å²) in [6, 6.07) is 0. The smallest absolute Gasteiger partial charge is 0.0437 e. The molecule has 1 rings (SSSR count). The minimum atomic E-state index is -0.117. The van der Waals surface area contributed by atoms with E-state index in [-0.39, 0.29) is 17.6 Å². The quantitative estimate of drug-likeness (QED) is 0.648. The van der Waals surface area contributed by atoms with Crippen LogP contribution < -0.4 is 5.73 Å². The molecule has 0 bridgehead atoms. The zero-order valence-corrected chi connectivity index (χ0v) is 7.56. The summed E-state index contributed by atoms with van der Waals surface area (Å²) in [6.07, 6.45) is 4.53. The zero-order chi connectivity index (χ0) is 8.54. The lowest BCUT2D eigenvalue weighted by Gasteiger charge is -2.51. The predicted octanol–water partition coefficient (Wildman–Crippen LogP) is 1.28. The van der Waals surface area contributed by atoms with Crippen molar-refractivity contribution in [2.45, 2.75) is 45.1 Å². The Morgan fingerprint density at radius 2 is 2.00 bits per heavy atom. The average Bonchev–Trinajstić information content (AvgIpc) is 1.75. The summed E-state index contributed by atoms with van der Waals surface area (Å²) in [4.78, 5) is 0. The van der Waals surface area contributed by atoms with E-state index in [2.05, 4.69) is 13.8 Å². The molecule has 0 aromatic heterocycles. The topological polar surface area (TPSA) is 46.2 Å². The van der Waals surface area contributed by atoms with E-state index in [1.165, 1.54) is 19.3 Å². The van der Waals surface area contributed by atoms with Gasteiger partial charge in [0, 0.05) is 12.1 Å². The van der Waals surface area contributed by atoms with Crippen LogP contribution in [-0.4, -0.2) is 17.3 Å². The lowest BCUT2D eigenvalue weighted by atomic mass is 9.57. The van der Waals surface area contributed by atoms with E-state index in [4.69, 9.17) is 10.8 Å². The number of rotatable bonds is 3. The highest BCUT2D eigenvalue weighted by atomic mass is 16.3. The van der Waals surface area contributed by atoms with E-state index in [0.29, 0.717) is 0 Å². The third-order valence-electron chi connectivity index (χ3n) is 3.27. The van der Waals surface area contributed by atoms with Crippen molar-refractivity contribution in [2.75, 3.05) is 6.61 Å².